The van der Waals surface area contributed by atoms with E-state index in [1.54, 1.807) is 36.5 Å². The van der Waals surface area contributed by atoms with Gasteiger partial charge in [0.1, 0.15) is 0 Å². The van der Waals surface area contributed by atoms with Crippen LogP contribution in [0.2, 0.25) is 0 Å². The van der Waals surface area contributed by atoms with Crippen molar-refractivity contribution in [1.29, 1.82) is 0 Å². The average Bonchev–Trinajstić information content (AvgIpc) is 2.80. The molecule has 9 nitrogen and oxygen atoms in total. The Morgan fingerprint density at radius 3 is 2.15 bits per heavy atom. The molecule has 10 heteroatoms. The van der Waals surface area contributed by atoms with Crippen molar-refractivity contribution in [2.24, 2.45) is 0 Å². The van der Waals surface area contributed by atoms with Gasteiger partial charge < -0.3 is 10.2 Å². The van der Waals surface area contributed by atoms with E-state index < -0.39 is 10.0 Å². The van der Waals surface area contributed by atoms with Gasteiger partial charge in [0.05, 0.1) is 29.4 Å². The quantitative estimate of drug-likeness (QED) is 0.616. The molecule has 1 aromatic carbocycles. The molecule has 0 atom stereocenters. The van der Waals surface area contributed by atoms with Crippen LogP contribution in [0.3, 0.4) is 0 Å². The van der Waals surface area contributed by atoms with E-state index in [0.29, 0.717) is 36.0 Å². The molecule has 0 spiro atoms. The van der Waals surface area contributed by atoms with Crippen molar-refractivity contribution in [2.45, 2.75) is 13.8 Å². The Labute approximate surface area is 193 Å². The molecule has 3 heterocycles. The second kappa shape index (κ2) is 9.24. The van der Waals surface area contributed by atoms with Crippen LogP contribution in [-0.2, 0) is 10.0 Å². The van der Waals surface area contributed by atoms with Crippen LogP contribution in [0.1, 0.15) is 21.6 Å². The topological polar surface area (TPSA) is 108 Å². The van der Waals surface area contributed by atoms with Gasteiger partial charge in [-0.15, -0.1) is 0 Å². The van der Waals surface area contributed by atoms with E-state index in [0.717, 1.165) is 11.1 Å². The number of anilines is 2. The minimum absolute atomic E-state index is 0.174. The second-order valence-corrected chi connectivity index (χ2v) is 10.1. The van der Waals surface area contributed by atoms with Crippen molar-refractivity contribution < 1.29 is 13.2 Å². The fraction of sp³-hybridized carbons (Fsp3) is 0.304. The maximum absolute atomic E-state index is 13.1. The third kappa shape index (κ3) is 5.35. The van der Waals surface area contributed by atoms with Gasteiger partial charge in [0.15, 0.2) is 0 Å². The number of nitrogens with zero attached hydrogens (tertiary/aromatic N) is 5. The number of pyridine rings is 1. The lowest BCUT2D eigenvalue weighted by Crippen LogP contribution is -2.50. The van der Waals surface area contributed by atoms with Crippen LogP contribution in [0.4, 0.5) is 11.6 Å². The molecule has 1 saturated heterocycles. The summed E-state index contributed by atoms with van der Waals surface area (Å²) < 4.78 is 24.8. The fourth-order valence-electron chi connectivity index (χ4n) is 3.63. The van der Waals surface area contributed by atoms with E-state index in [1.807, 2.05) is 31.2 Å². The number of benzene rings is 1. The van der Waals surface area contributed by atoms with Crippen LogP contribution in [0.5, 0.6) is 0 Å². The molecular weight excluding hydrogens is 440 g/mol. The average molecular weight is 467 g/mol. The van der Waals surface area contributed by atoms with Crippen LogP contribution < -0.4 is 5.32 Å². The lowest BCUT2D eigenvalue weighted by Gasteiger charge is -2.33. The maximum atomic E-state index is 13.1. The molecule has 172 valence electrons. The molecule has 0 radical (unpaired) electrons. The first kappa shape index (κ1) is 22.8. The Hall–Kier alpha value is -3.37. The van der Waals surface area contributed by atoms with Gasteiger partial charge in [-0.1, -0.05) is 29.8 Å². The summed E-state index contributed by atoms with van der Waals surface area (Å²) in [5, 5.41) is 3.10. The van der Waals surface area contributed by atoms with E-state index in [1.165, 1.54) is 16.1 Å². The highest BCUT2D eigenvalue weighted by atomic mass is 32.2. The van der Waals surface area contributed by atoms with Crippen LogP contribution in [0.25, 0.3) is 11.1 Å². The molecular formula is C23H26N6O3S. The monoisotopic (exact) mass is 466 g/mol. The molecule has 1 N–H and O–H groups in total. The minimum atomic E-state index is -3.25. The highest BCUT2D eigenvalue weighted by Crippen LogP contribution is 2.21. The number of rotatable bonds is 5. The highest BCUT2D eigenvalue weighted by molar-refractivity contribution is 7.88. The molecule has 0 aliphatic carbocycles. The number of amides is 1. The summed E-state index contributed by atoms with van der Waals surface area (Å²) in [6.07, 6.45) is 6.30. The number of piperazine rings is 1. The summed E-state index contributed by atoms with van der Waals surface area (Å²) >= 11 is 0. The first-order chi connectivity index (χ1) is 15.7. The Morgan fingerprint density at radius 2 is 1.55 bits per heavy atom. The van der Waals surface area contributed by atoms with Crippen molar-refractivity contribution in [1.82, 2.24) is 24.2 Å². The second-order valence-electron chi connectivity index (χ2n) is 8.10. The largest absolute Gasteiger partial charge is 0.336 e. The maximum Gasteiger partial charge on any atom is 0.255 e. The molecule has 1 aliphatic heterocycles. The summed E-state index contributed by atoms with van der Waals surface area (Å²) in [5.41, 5.74) is 4.80. The van der Waals surface area contributed by atoms with E-state index in [-0.39, 0.29) is 19.0 Å². The number of carbonyl (C=O) groups is 1. The lowest BCUT2D eigenvalue weighted by molar-refractivity contribution is 0.0697. The summed E-state index contributed by atoms with van der Waals surface area (Å²) in [7, 11) is -3.25. The first-order valence-corrected chi connectivity index (χ1v) is 12.4. The molecule has 2 aromatic heterocycles. The van der Waals surface area contributed by atoms with Crippen molar-refractivity contribution in [2.75, 3.05) is 37.8 Å². The van der Waals surface area contributed by atoms with Crippen molar-refractivity contribution in [3.8, 4) is 11.1 Å². The summed E-state index contributed by atoms with van der Waals surface area (Å²) in [5.74, 6) is 0.226. The van der Waals surface area contributed by atoms with Gasteiger partial charge in [0.25, 0.3) is 5.91 Å². The third-order valence-corrected chi connectivity index (χ3v) is 6.91. The minimum Gasteiger partial charge on any atom is -0.336 e. The standard InChI is InChI=1S/C23H26N6O3S/c1-16-4-6-18(7-5-16)19-13-25-23(26-14-19)27-20-12-21(17(2)24-15-20)22(30)28-8-10-29(11-9-28)33(3,31)32/h4-7,12-15H,8-11H2,1-3H3,(H,25,26,27). The number of sulfonamides is 1. The number of hydrogen-bond acceptors (Lipinski definition) is 7. The number of carbonyl (C=O) groups excluding carboxylic acids is 1. The Bertz CT molecular complexity index is 1250. The van der Waals surface area contributed by atoms with Crippen molar-refractivity contribution >= 4 is 27.6 Å². The predicted molar refractivity (Wildman–Crippen MR) is 127 cm³/mol. The molecule has 33 heavy (non-hydrogen) atoms. The zero-order chi connectivity index (χ0) is 23.6. The lowest BCUT2D eigenvalue weighted by atomic mass is 10.1. The predicted octanol–water partition coefficient (Wildman–Crippen LogP) is 2.62. The Morgan fingerprint density at radius 1 is 0.909 bits per heavy atom. The SMILES string of the molecule is Cc1ccc(-c2cnc(Nc3cnc(C)c(C(=O)N4CCN(S(C)(=O)=O)CC4)c3)nc2)cc1. The molecule has 1 amide bonds. The van der Waals surface area contributed by atoms with Gasteiger partial charge in [-0.3, -0.25) is 9.78 Å². The highest BCUT2D eigenvalue weighted by Gasteiger charge is 2.27. The molecule has 0 saturated carbocycles. The van der Waals surface area contributed by atoms with Gasteiger partial charge in [-0.05, 0) is 25.5 Å². The van der Waals surface area contributed by atoms with E-state index in [4.69, 9.17) is 0 Å². The van der Waals surface area contributed by atoms with Gasteiger partial charge in [-0.2, -0.15) is 4.31 Å². The van der Waals surface area contributed by atoms with Crippen LogP contribution in [0.15, 0.2) is 48.9 Å². The van der Waals surface area contributed by atoms with Gasteiger partial charge >= 0.3 is 0 Å². The number of hydrogen-bond donors (Lipinski definition) is 1. The zero-order valence-electron chi connectivity index (χ0n) is 18.8. The van der Waals surface area contributed by atoms with Crippen LogP contribution in [-0.4, -0.2) is 70.9 Å². The summed E-state index contributed by atoms with van der Waals surface area (Å²) in [6, 6.07) is 9.86. The summed E-state index contributed by atoms with van der Waals surface area (Å²) in [6.45, 7) is 5.07. The first-order valence-electron chi connectivity index (χ1n) is 10.6. The van der Waals surface area contributed by atoms with Gasteiger partial charge in [0.2, 0.25) is 16.0 Å². The van der Waals surface area contributed by atoms with Gasteiger partial charge in [0, 0.05) is 44.1 Å². The summed E-state index contributed by atoms with van der Waals surface area (Å²) in [4.78, 5) is 27.8. The van der Waals surface area contributed by atoms with Crippen LogP contribution >= 0.6 is 0 Å². The molecule has 1 fully saturated rings. The van der Waals surface area contributed by atoms with Crippen LogP contribution in [0, 0.1) is 13.8 Å². The fourth-order valence-corrected chi connectivity index (χ4v) is 4.45. The van der Waals surface area contributed by atoms with Gasteiger partial charge in [-0.25, -0.2) is 18.4 Å². The van der Waals surface area contributed by atoms with E-state index >= 15 is 0 Å². The number of aryl methyl sites for hydroxylation is 2. The van der Waals surface area contributed by atoms with Crippen molar-refractivity contribution in [3.05, 3.63) is 65.7 Å². The molecule has 4 rings (SSSR count). The Kier molecular flexibility index (Phi) is 6.39. The molecule has 3 aromatic rings. The smallest absolute Gasteiger partial charge is 0.255 e. The normalized spacial score (nSPS) is 14.8. The molecule has 1 aliphatic rings. The molecule has 0 bridgehead atoms. The van der Waals surface area contributed by atoms with E-state index in [9.17, 15) is 13.2 Å². The van der Waals surface area contributed by atoms with Crippen molar-refractivity contribution in [3.63, 3.8) is 0 Å². The number of aromatic nitrogens is 3. The zero-order valence-corrected chi connectivity index (χ0v) is 19.6. The third-order valence-electron chi connectivity index (χ3n) is 5.61. The Balaban J connectivity index is 1.46. The van der Waals surface area contributed by atoms with E-state index in [2.05, 4.69) is 20.3 Å². The number of nitrogens with one attached hydrogen (secondary N) is 1. The molecule has 0 unspecified atom stereocenters.